The average Bonchev–Trinajstić information content (AvgIpc) is 1.87. The average molecular weight is 191 g/mol. The summed E-state index contributed by atoms with van der Waals surface area (Å²) in [6.07, 6.45) is 0. The summed E-state index contributed by atoms with van der Waals surface area (Å²) in [7, 11) is 6.11. The van der Waals surface area contributed by atoms with Crippen molar-refractivity contribution in [3.05, 3.63) is 0 Å². The first-order valence-corrected chi connectivity index (χ1v) is 8.03. The van der Waals surface area contributed by atoms with E-state index in [1.54, 1.807) is 0 Å². The molecular formula is C4H15N2OSi3. The van der Waals surface area contributed by atoms with Crippen molar-refractivity contribution < 1.29 is 4.53 Å². The van der Waals surface area contributed by atoms with Crippen LogP contribution < -0.4 is 0 Å². The van der Waals surface area contributed by atoms with Gasteiger partial charge in [0.05, 0.1) is 0 Å². The first kappa shape index (κ1) is 10.5. The fourth-order valence-corrected chi connectivity index (χ4v) is 2.45. The van der Waals surface area contributed by atoms with E-state index >= 15 is 0 Å². The minimum absolute atomic E-state index is 0.139. The topological polar surface area (TPSA) is 15.7 Å². The fourth-order valence-electron chi connectivity index (χ4n) is 0.406. The Morgan fingerprint density at radius 1 is 1.50 bits per heavy atom. The smallest absolute Gasteiger partial charge is 0.269 e. The van der Waals surface area contributed by atoms with Crippen LogP contribution in [0.4, 0.5) is 0 Å². The van der Waals surface area contributed by atoms with Crippen LogP contribution in [0.2, 0.25) is 13.1 Å². The van der Waals surface area contributed by atoms with Crippen LogP contribution in [-0.2, 0) is 4.53 Å². The summed E-state index contributed by atoms with van der Waals surface area (Å²) < 4.78 is 9.55. The molecule has 0 aromatic heterocycles. The maximum atomic E-state index is 5.57. The molecule has 3 nitrogen and oxygen atoms in total. The van der Waals surface area contributed by atoms with Crippen molar-refractivity contribution in [1.82, 2.24) is 8.96 Å². The highest BCUT2D eigenvalue weighted by molar-refractivity contribution is 6.53. The molecule has 0 saturated heterocycles. The first-order valence-electron chi connectivity index (χ1n) is 3.40. The van der Waals surface area contributed by atoms with Crippen LogP contribution in [0.5, 0.6) is 0 Å². The van der Waals surface area contributed by atoms with Gasteiger partial charge in [0.25, 0.3) is 9.20 Å². The van der Waals surface area contributed by atoms with Crippen molar-refractivity contribution in [3.63, 3.8) is 0 Å². The van der Waals surface area contributed by atoms with E-state index in [2.05, 4.69) is 23.5 Å². The number of rotatable bonds is 4. The van der Waals surface area contributed by atoms with Crippen molar-refractivity contribution in [1.29, 1.82) is 0 Å². The molecule has 10 heavy (non-hydrogen) atoms. The molecule has 3 radical (unpaired) electrons. The first-order chi connectivity index (χ1) is 4.57. The molecule has 1 atom stereocenters. The molecule has 1 unspecified atom stereocenters. The molecule has 6 heteroatoms. The predicted molar refractivity (Wildman–Crippen MR) is 49.8 cm³/mol. The molecule has 0 aromatic rings. The van der Waals surface area contributed by atoms with Gasteiger partial charge in [0.1, 0.15) is 20.1 Å². The van der Waals surface area contributed by atoms with Crippen LogP contribution in [0.1, 0.15) is 0 Å². The molecule has 59 valence electrons. The van der Waals surface area contributed by atoms with Crippen LogP contribution in [-0.4, -0.2) is 52.3 Å². The Balaban J connectivity index is 3.46. The largest absolute Gasteiger partial charge is 0.336 e. The molecule has 0 aliphatic heterocycles. The summed E-state index contributed by atoms with van der Waals surface area (Å²) in [6.45, 7) is 4.34. The lowest BCUT2D eigenvalue weighted by Gasteiger charge is -2.23. The molecule has 0 N–H and O–H groups in total. The zero-order valence-corrected chi connectivity index (χ0v) is 10.7. The molecule has 0 saturated carbocycles. The lowest BCUT2D eigenvalue weighted by Crippen LogP contribution is -2.40. The molecular weight excluding hydrogens is 176 g/mol. The third kappa shape index (κ3) is 4.36. The van der Waals surface area contributed by atoms with Crippen molar-refractivity contribution in [2.45, 2.75) is 13.1 Å². The third-order valence-electron chi connectivity index (χ3n) is 1.32. The highest BCUT2D eigenvalue weighted by atomic mass is 28.3. The molecule has 0 bridgehead atoms. The molecule has 0 aromatic carbocycles. The minimum atomic E-state index is -1.14. The van der Waals surface area contributed by atoms with E-state index in [1.807, 2.05) is 23.1 Å². The van der Waals surface area contributed by atoms with Gasteiger partial charge in [-0.1, -0.05) is 6.55 Å². The van der Waals surface area contributed by atoms with Crippen LogP contribution in [0.15, 0.2) is 0 Å². The second-order valence-electron chi connectivity index (χ2n) is 2.26. The zero-order valence-electron chi connectivity index (χ0n) is 7.09. The van der Waals surface area contributed by atoms with Gasteiger partial charge in [-0.05, 0) is 13.6 Å². The number of nitrogens with zero attached hydrogens (tertiary/aromatic N) is 2. The van der Waals surface area contributed by atoms with Crippen molar-refractivity contribution in [2.24, 2.45) is 0 Å². The van der Waals surface area contributed by atoms with E-state index in [9.17, 15) is 0 Å². The maximum absolute atomic E-state index is 5.57. The van der Waals surface area contributed by atoms with Gasteiger partial charge in [-0.3, -0.25) is 0 Å². The molecule has 0 amide bonds. The Kier molecular flexibility index (Phi) is 5.49. The second-order valence-corrected chi connectivity index (χ2v) is 7.19. The number of hydrogen-bond donors (Lipinski definition) is 0. The van der Waals surface area contributed by atoms with Gasteiger partial charge >= 0.3 is 0 Å². The van der Waals surface area contributed by atoms with Crippen molar-refractivity contribution in [3.8, 4) is 0 Å². The summed E-state index contributed by atoms with van der Waals surface area (Å²) >= 11 is 0. The van der Waals surface area contributed by atoms with Crippen LogP contribution in [0.3, 0.4) is 0 Å². The third-order valence-corrected chi connectivity index (χ3v) is 5.51. The maximum Gasteiger partial charge on any atom is 0.269 e. The van der Waals surface area contributed by atoms with Gasteiger partial charge in [0.15, 0.2) is 0 Å². The number of hydroxylamine groups is 1. The van der Waals surface area contributed by atoms with E-state index in [0.717, 1.165) is 0 Å². The second kappa shape index (κ2) is 5.22. The van der Waals surface area contributed by atoms with Crippen LogP contribution in [0, 0.1) is 0 Å². The highest BCUT2D eigenvalue weighted by Gasteiger charge is 2.09. The van der Waals surface area contributed by atoms with Gasteiger partial charge in [0, 0.05) is 7.05 Å². The van der Waals surface area contributed by atoms with Crippen molar-refractivity contribution in [2.75, 3.05) is 14.1 Å². The van der Waals surface area contributed by atoms with Gasteiger partial charge in [-0.15, -0.1) is 0 Å². The Morgan fingerprint density at radius 3 is 2.30 bits per heavy atom. The molecule has 0 heterocycles. The SMILES string of the molecule is C[SiH2]N(C)O[SiH](C)N(C)[Si]. The fraction of sp³-hybridized carbons (Fsp3) is 1.00. The molecule has 0 spiro atoms. The number of hydrogen-bond acceptors (Lipinski definition) is 3. The standard InChI is InChI=1S/C4H15N2OSi3/c1-5(9-3)7-10(4)6(2)8/h10H,9H2,1-4H3. The highest BCUT2D eigenvalue weighted by Crippen LogP contribution is 1.90. The van der Waals surface area contributed by atoms with Crippen LogP contribution in [0.25, 0.3) is 0 Å². The van der Waals surface area contributed by atoms with E-state index < -0.39 is 9.20 Å². The van der Waals surface area contributed by atoms with Gasteiger partial charge in [-0.25, -0.2) is 4.73 Å². The van der Waals surface area contributed by atoms with E-state index in [1.165, 1.54) is 0 Å². The van der Waals surface area contributed by atoms with Crippen molar-refractivity contribution >= 4 is 29.3 Å². The van der Waals surface area contributed by atoms with E-state index in [-0.39, 0.29) is 9.68 Å². The normalized spacial score (nSPS) is 15.9. The quantitative estimate of drug-likeness (QED) is 0.412. The molecule has 0 aliphatic rings. The van der Waals surface area contributed by atoms with Gasteiger partial charge < -0.3 is 8.76 Å². The lowest BCUT2D eigenvalue weighted by molar-refractivity contribution is 0.0516. The van der Waals surface area contributed by atoms with Crippen LogP contribution >= 0.6 is 0 Å². The molecule has 0 aliphatic carbocycles. The summed E-state index contributed by atoms with van der Waals surface area (Å²) in [5, 5.41) is 0. The monoisotopic (exact) mass is 191 g/mol. The minimum Gasteiger partial charge on any atom is -0.336 e. The molecule has 0 rings (SSSR count). The lowest BCUT2D eigenvalue weighted by atomic mass is 11.5. The van der Waals surface area contributed by atoms with Gasteiger partial charge in [-0.2, -0.15) is 0 Å². The summed E-state index contributed by atoms with van der Waals surface area (Å²) in [6, 6.07) is 0. The van der Waals surface area contributed by atoms with Gasteiger partial charge in [0.2, 0.25) is 0 Å². The van der Waals surface area contributed by atoms with E-state index in [0.29, 0.717) is 0 Å². The Bertz CT molecular complexity index is 92.6. The summed E-state index contributed by atoms with van der Waals surface area (Å²) in [4.78, 5) is 0. The zero-order chi connectivity index (χ0) is 8.15. The summed E-state index contributed by atoms with van der Waals surface area (Å²) in [5.74, 6) is 0. The summed E-state index contributed by atoms with van der Waals surface area (Å²) in [5.41, 5.74) is 0. The van der Waals surface area contributed by atoms with E-state index in [4.69, 9.17) is 4.53 Å². The Morgan fingerprint density at radius 2 is 2.00 bits per heavy atom. The Hall–Kier alpha value is 0.531. The molecule has 0 fully saturated rings. The Labute approximate surface area is 70.5 Å². The predicted octanol–water partition coefficient (Wildman–Crippen LogP) is -1.15.